The Kier molecular flexibility index (Phi) is 8.27. The molecule has 0 radical (unpaired) electrons. The van der Waals surface area contributed by atoms with E-state index in [1.54, 1.807) is 0 Å². The average molecular weight is 305 g/mol. The maximum absolute atomic E-state index is 11.8. The zero-order valence-electron chi connectivity index (χ0n) is 10.6. The molecule has 0 fully saturated rings. The molecular weight excluding hydrogens is 288 g/mol. The molecule has 0 saturated heterocycles. The number of nitrogens with one attached hydrogen (secondary N) is 2. The van der Waals surface area contributed by atoms with Crippen LogP contribution in [-0.2, 0) is 10.0 Å². The normalized spacial score (nSPS) is 10.5. The first-order valence-corrected chi connectivity index (χ1v) is 7.14. The third-order valence-corrected chi connectivity index (χ3v) is 3.60. The number of rotatable bonds is 7. The molecule has 0 unspecified atom stereocenters. The van der Waals surface area contributed by atoms with Crippen molar-refractivity contribution in [3.05, 3.63) is 24.0 Å². The summed E-state index contributed by atoms with van der Waals surface area (Å²) in [5.74, 6) is 0. The third-order valence-electron chi connectivity index (χ3n) is 2.17. The predicted molar refractivity (Wildman–Crippen MR) is 74.5 cm³/mol. The lowest BCUT2D eigenvalue weighted by atomic mass is 10.3. The molecule has 6 nitrogen and oxygen atoms in total. The van der Waals surface area contributed by atoms with Crippen LogP contribution in [0.1, 0.15) is 18.9 Å². The fourth-order valence-corrected chi connectivity index (χ4v) is 2.31. The second-order valence-corrected chi connectivity index (χ2v) is 5.44. The molecule has 0 saturated carbocycles. The van der Waals surface area contributed by atoms with Crippen molar-refractivity contribution in [2.24, 2.45) is 0 Å². The largest absolute Gasteiger partial charge is 0.315 e. The smallest absolute Gasteiger partial charge is 0.242 e. The molecule has 1 aromatic heterocycles. The van der Waals surface area contributed by atoms with Gasteiger partial charge in [0.2, 0.25) is 10.0 Å². The highest BCUT2D eigenvalue weighted by molar-refractivity contribution is 7.89. The highest BCUT2D eigenvalue weighted by atomic mass is 35.5. The maximum Gasteiger partial charge on any atom is 0.242 e. The van der Waals surface area contributed by atoms with Crippen LogP contribution in [0.25, 0.3) is 0 Å². The van der Waals surface area contributed by atoms with Crippen molar-refractivity contribution < 1.29 is 8.42 Å². The van der Waals surface area contributed by atoms with Gasteiger partial charge in [-0.2, -0.15) is 5.26 Å². The van der Waals surface area contributed by atoms with Crippen LogP contribution in [0.2, 0.25) is 0 Å². The van der Waals surface area contributed by atoms with Crippen molar-refractivity contribution in [2.45, 2.75) is 18.2 Å². The number of aromatic nitrogens is 1. The zero-order chi connectivity index (χ0) is 13.4. The monoisotopic (exact) mass is 304 g/mol. The van der Waals surface area contributed by atoms with E-state index < -0.39 is 10.0 Å². The standard InChI is InChI=1S/C11H16N4O2S.ClH/c1-2-3-13-4-5-15-18(16,17)11-6-10(7-12)8-14-9-11;/h6,8-9,13,15H,2-5H2,1H3;1H. The molecule has 1 heterocycles. The van der Waals surface area contributed by atoms with Crippen molar-refractivity contribution in [1.82, 2.24) is 15.0 Å². The number of hydrogen-bond acceptors (Lipinski definition) is 5. The molecule has 0 atom stereocenters. The van der Waals surface area contributed by atoms with Crippen LogP contribution in [0.4, 0.5) is 0 Å². The molecule has 106 valence electrons. The van der Waals surface area contributed by atoms with Gasteiger partial charge in [0.15, 0.2) is 0 Å². The van der Waals surface area contributed by atoms with Crippen LogP contribution < -0.4 is 10.0 Å². The van der Waals surface area contributed by atoms with Crippen LogP contribution >= 0.6 is 12.4 Å². The van der Waals surface area contributed by atoms with E-state index in [-0.39, 0.29) is 22.9 Å². The second-order valence-electron chi connectivity index (χ2n) is 3.67. The van der Waals surface area contributed by atoms with Gasteiger partial charge in [-0.25, -0.2) is 13.1 Å². The Morgan fingerprint density at radius 1 is 1.32 bits per heavy atom. The van der Waals surface area contributed by atoms with Crippen LogP contribution in [0.15, 0.2) is 23.4 Å². The Bertz CT molecular complexity index is 528. The fourth-order valence-electron chi connectivity index (χ4n) is 1.29. The minimum atomic E-state index is -3.58. The second kappa shape index (κ2) is 8.82. The van der Waals surface area contributed by atoms with Crippen molar-refractivity contribution in [3.63, 3.8) is 0 Å². The lowest BCUT2D eigenvalue weighted by Gasteiger charge is -2.07. The van der Waals surface area contributed by atoms with Crippen molar-refractivity contribution >= 4 is 22.4 Å². The molecule has 0 aliphatic rings. The number of nitriles is 1. The molecule has 19 heavy (non-hydrogen) atoms. The van der Waals surface area contributed by atoms with E-state index in [9.17, 15) is 8.42 Å². The highest BCUT2D eigenvalue weighted by Crippen LogP contribution is 2.08. The fraction of sp³-hybridized carbons (Fsp3) is 0.455. The zero-order valence-corrected chi connectivity index (χ0v) is 12.2. The summed E-state index contributed by atoms with van der Waals surface area (Å²) < 4.78 is 26.1. The van der Waals surface area contributed by atoms with Gasteiger partial charge in [-0.1, -0.05) is 6.92 Å². The minimum absolute atomic E-state index is 0. The van der Waals surface area contributed by atoms with E-state index in [0.717, 1.165) is 13.0 Å². The van der Waals surface area contributed by atoms with E-state index in [0.29, 0.717) is 13.1 Å². The lowest BCUT2D eigenvalue weighted by Crippen LogP contribution is -2.32. The molecule has 1 aromatic rings. The van der Waals surface area contributed by atoms with E-state index in [2.05, 4.69) is 15.0 Å². The van der Waals surface area contributed by atoms with Crippen LogP contribution in [0.3, 0.4) is 0 Å². The topological polar surface area (TPSA) is 94.9 Å². The minimum Gasteiger partial charge on any atom is -0.315 e. The summed E-state index contributed by atoms with van der Waals surface area (Å²) in [6.45, 7) is 3.76. The molecule has 0 aliphatic heterocycles. The first kappa shape index (κ1) is 17.8. The van der Waals surface area contributed by atoms with Gasteiger partial charge in [-0.05, 0) is 19.0 Å². The van der Waals surface area contributed by atoms with Crippen LogP contribution in [0.5, 0.6) is 0 Å². The quantitative estimate of drug-likeness (QED) is 0.721. The molecule has 0 spiro atoms. The summed E-state index contributed by atoms with van der Waals surface area (Å²) >= 11 is 0. The Hall–Kier alpha value is -1.20. The van der Waals surface area contributed by atoms with Gasteiger partial charge in [0, 0.05) is 25.5 Å². The van der Waals surface area contributed by atoms with Gasteiger partial charge in [-0.3, -0.25) is 4.98 Å². The molecule has 0 amide bonds. The Labute approximate surface area is 119 Å². The SMILES string of the molecule is CCCNCCNS(=O)(=O)c1cncc(C#N)c1.Cl. The number of pyridine rings is 1. The van der Waals surface area contributed by atoms with Crippen molar-refractivity contribution in [2.75, 3.05) is 19.6 Å². The van der Waals surface area contributed by atoms with Gasteiger partial charge in [0.1, 0.15) is 11.0 Å². The summed E-state index contributed by atoms with van der Waals surface area (Å²) in [5.41, 5.74) is 0.224. The number of hydrogen-bond donors (Lipinski definition) is 2. The maximum atomic E-state index is 11.8. The van der Waals surface area contributed by atoms with E-state index in [4.69, 9.17) is 5.26 Å². The van der Waals surface area contributed by atoms with E-state index in [1.807, 2.05) is 13.0 Å². The summed E-state index contributed by atoms with van der Waals surface area (Å²) in [6, 6.07) is 3.16. The Balaban J connectivity index is 0.00000324. The van der Waals surface area contributed by atoms with Crippen LogP contribution in [-0.4, -0.2) is 33.0 Å². The van der Waals surface area contributed by atoms with Gasteiger partial charge >= 0.3 is 0 Å². The summed E-state index contributed by atoms with van der Waals surface area (Å²) in [5, 5.41) is 11.8. The summed E-state index contributed by atoms with van der Waals surface area (Å²) in [6.07, 6.45) is 3.55. The molecule has 8 heteroatoms. The number of sulfonamides is 1. The van der Waals surface area contributed by atoms with Crippen LogP contribution in [0, 0.1) is 11.3 Å². The first-order valence-electron chi connectivity index (χ1n) is 5.65. The third kappa shape index (κ3) is 5.98. The lowest BCUT2D eigenvalue weighted by molar-refractivity contribution is 0.575. The Morgan fingerprint density at radius 2 is 2.05 bits per heavy atom. The molecule has 1 rings (SSSR count). The van der Waals surface area contributed by atoms with Gasteiger partial charge in [0.25, 0.3) is 0 Å². The number of halogens is 1. The van der Waals surface area contributed by atoms with Crippen molar-refractivity contribution in [1.29, 1.82) is 5.26 Å². The van der Waals surface area contributed by atoms with Gasteiger partial charge in [0.05, 0.1) is 5.56 Å². The molecule has 0 aliphatic carbocycles. The molecular formula is C11H17ClN4O2S. The first-order chi connectivity index (χ1) is 8.60. The van der Waals surface area contributed by atoms with E-state index >= 15 is 0 Å². The molecule has 0 aromatic carbocycles. The summed E-state index contributed by atoms with van der Waals surface area (Å²) in [4.78, 5) is 3.73. The molecule has 0 bridgehead atoms. The molecule has 2 N–H and O–H groups in total. The Morgan fingerprint density at radius 3 is 2.68 bits per heavy atom. The van der Waals surface area contributed by atoms with E-state index in [1.165, 1.54) is 18.5 Å². The van der Waals surface area contributed by atoms with Gasteiger partial charge in [-0.15, -0.1) is 12.4 Å². The predicted octanol–water partition coefficient (Wildman–Crippen LogP) is 0.653. The number of nitrogens with zero attached hydrogens (tertiary/aromatic N) is 2. The summed E-state index contributed by atoms with van der Waals surface area (Å²) in [7, 11) is -3.58. The highest BCUT2D eigenvalue weighted by Gasteiger charge is 2.14. The average Bonchev–Trinajstić information content (AvgIpc) is 2.38. The van der Waals surface area contributed by atoms with Crippen molar-refractivity contribution in [3.8, 4) is 6.07 Å². The van der Waals surface area contributed by atoms with Gasteiger partial charge < -0.3 is 5.32 Å².